The van der Waals surface area contributed by atoms with Gasteiger partial charge in [-0.05, 0) is 42.0 Å². The molecule has 3 aromatic carbocycles. The highest BCUT2D eigenvalue weighted by Crippen LogP contribution is 2.39. The fraction of sp³-hybridized carbons (Fsp3) is 0.136. The van der Waals surface area contributed by atoms with Crippen LogP contribution in [0.15, 0.2) is 77.7 Å². The maximum atomic E-state index is 13.6. The van der Waals surface area contributed by atoms with E-state index in [0.717, 1.165) is 22.5 Å². The first-order valence-electron chi connectivity index (χ1n) is 8.99. The molecule has 0 saturated carbocycles. The van der Waals surface area contributed by atoms with Crippen LogP contribution in [0.1, 0.15) is 16.7 Å². The molecule has 0 aliphatic carbocycles. The molecule has 160 valence electrons. The Morgan fingerprint density at radius 2 is 1.58 bits per heavy atom. The van der Waals surface area contributed by atoms with Crippen LogP contribution >= 0.6 is 0 Å². The van der Waals surface area contributed by atoms with Crippen LogP contribution in [0.5, 0.6) is 5.75 Å². The van der Waals surface area contributed by atoms with Crippen LogP contribution in [-0.4, -0.2) is 15.5 Å². The summed E-state index contributed by atoms with van der Waals surface area (Å²) in [6.07, 6.45) is -4.86. The molecule has 0 aromatic heterocycles. The largest absolute Gasteiger partial charge is 0.495 e. The number of methoxy groups -OCH3 is 1. The average molecular weight is 446 g/mol. The predicted octanol–water partition coefficient (Wildman–Crippen LogP) is 4.98. The molecule has 0 heterocycles. The molecule has 3 rings (SSSR count). The van der Waals surface area contributed by atoms with Crippen molar-refractivity contribution in [2.75, 3.05) is 11.4 Å². The third-order valence-electron chi connectivity index (χ3n) is 4.52. The quantitative estimate of drug-likeness (QED) is 0.535. The molecule has 5 nitrogen and oxygen atoms in total. The third-order valence-corrected chi connectivity index (χ3v) is 6.34. The van der Waals surface area contributed by atoms with Crippen LogP contribution in [0.3, 0.4) is 0 Å². The Morgan fingerprint density at radius 3 is 2.19 bits per heavy atom. The van der Waals surface area contributed by atoms with Gasteiger partial charge in [0.25, 0.3) is 10.0 Å². The van der Waals surface area contributed by atoms with Gasteiger partial charge in [-0.15, -0.1) is 0 Å². The normalized spacial score (nSPS) is 11.6. The van der Waals surface area contributed by atoms with E-state index in [9.17, 15) is 21.6 Å². The number of sulfonamides is 1. The summed E-state index contributed by atoms with van der Waals surface area (Å²) in [7, 11) is -3.30. The smallest absolute Gasteiger partial charge is 0.417 e. The summed E-state index contributed by atoms with van der Waals surface area (Å²) >= 11 is 0. The molecule has 0 fully saturated rings. The Hall–Kier alpha value is -3.51. The topological polar surface area (TPSA) is 70.4 Å². The van der Waals surface area contributed by atoms with E-state index in [1.165, 1.54) is 37.4 Å². The maximum Gasteiger partial charge on any atom is 0.417 e. The van der Waals surface area contributed by atoms with Crippen LogP contribution in [0, 0.1) is 11.3 Å². The van der Waals surface area contributed by atoms with Crippen molar-refractivity contribution in [3.05, 3.63) is 89.5 Å². The summed E-state index contributed by atoms with van der Waals surface area (Å²) in [4.78, 5) is -0.859. The zero-order chi connectivity index (χ0) is 22.6. The molecule has 0 aliphatic rings. The monoisotopic (exact) mass is 446 g/mol. The third kappa shape index (κ3) is 4.64. The Kier molecular flexibility index (Phi) is 6.22. The highest BCUT2D eigenvalue weighted by molar-refractivity contribution is 7.92. The van der Waals surface area contributed by atoms with E-state index in [0.29, 0.717) is 11.1 Å². The fourth-order valence-electron chi connectivity index (χ4n) is 3.03. The molecule has 0 saturated heterocycles. The number of benzene rings is 3. The minimum Gasteiger partial charge on any atom is -0.495 e. The zero-order valence-corrected chi connectivity index (χ0v) is 17.1. The van der Waals surface area contributed by atoms with Crippen molar-refractivity contribution in [3.63, 3.8) is 0 Å². The van der Waals surface area contributed by atoms with Crippen LogP contribution in [0.25, 0.3) is 0 Å². The van der Waals surface area contributed by atoms with Crippen molar-refractivity contribution >= 4 is 15.7 Å². The van der Waals surface area contributed by atoms with Crippen molar-refractivity contribution in [2.45, 2.75) is 17.6 Å². The van der Waals surface area contributed by atoms with Crippen molar-refractivity contribution in [1.29, 1.82) is 5.26 Å². The summed E-state index contributed by atoms with van der Waals surface area (Å²) in [5, 5.41) is 8.96. The maximum absolute atomic E-state index is 13.6. The molecule has 9 heteroatoms. The summed E-state index contributed by atoms with van der Waals surface area (Å²) < 4.78 is 73.8. The summed E-state index contributed by atoms with van der Waals surface area (Å²) in [5.41, 5.74) is -0.308. The van der Waals surface area contributed by atoms with E-state index in [-0.39, 0.29) is 18.0 Å². The van der Waals surface area contributed by atoms with Gasteiger partial charge < -0.3 is 4.74 Å². The number of halogens is 3. The average Bonchev–Trinajstić information content (AvgIpc) is 2.77. The van der Waals surface area contributed by atoms with Crippen LogP contribution in [-0.2, 0) is 22.7 Å². The molecule has 0 atom stereocenters. The Labute approximate surface area is 178 Å². The fourth-order valence-corrected chi connectivity index (χ4v) is 4.71. The van der Waals surface area contributed by atoms with E-state index in [4.69, 9.17) is 10.00 Å². The van der Waals surface area contributed by atoms with E-state index in [2.05, 4.69) is 0 Å². The van der Waals surface area contributed by atoms with Gasteiger partial charge in [-0.2, -0.15) is 18.4 Å². The Morgan fingerprint density at radius 1 is 0.968 bits per heavy atom. The van der Waals surface area contributed by atoms with Gasteiger partial charge >= 0.3 is 6.18 Å². The number of para-hydroxylation sites is 2. The van der Waals surface area contributed by atoms with Crippen molar-refractivity contribution < 1.29 is 26.3 Å². The number of ether oxygens (including phenoxy) is 1. The first-order chi connectivity index (χ1) is 14.7. The van der Waals surface area contributed by atoms with E-state index in [1.54, 1.807) is 24.3 Å². The number of rotatable bonds is 6. The van der Waals surface area contributed by atoms with Crippen LogP contribution in [0.2, 0.25) is 0 Å². The van der Waals surface area contributed by atoms with Gasteiger partial charge in [0.05, 0.1) is 41.4 Å². The molecule has 0 amide bonds. The molecule has 0 radical (unpaired) electrons. The van der Waals surface area contributed by atoms with Crippen LogP contribution < -0.4 is 9.04 Å². The van der Waals surface area contributed by atoms with Gasteiger partial charge in [0, 0.05) is 0 Å². The molecule has 0 unspecified atom stereocenters. The van der Waals surface area contributed by atoms with E-state index < -0.39 is 26.7 Å². The van der Waals surface area contributed by atoms with Crippen LogP contribution in [0.4, 0.5) is 18.9 Å². The lowest BCUT2D eigenvalue weighted by molar-refractivity contribution is -0.139. The zero-order valence-electron chi connectivity index (χ0n) is 16.3. The molecule has 3 aromatic rings. The molecule has 0 bridgehead atoms. The second kappa shape index (κ2) is 8.70. The summed E-state index contributed by atoms with van der Waals surface area (Å²) in [5.74, 6) is 0.184. The van der Waals surface area contributed by atoms with Crippen molar-refractivity contribution in [1.82, 2.24) is 0 Å². The minimum atomic E-state index is -4.86. The summed E-state index contributed by atoms with van der Waals surface area (Å²) in [6, 6.07) is 18.3. The lowest BCUT2D eigenvalue weighted by Gasteiger charge is -2.27. The van der Waals surface area contributed by atoms with Gasteiger partial charge in [-0.1, -0.05) is 36.4 Å². The first kappa shape index (κ1) is 22.2. The number of anilines is 1. The first-order valence-corrected chi connectivity index (χ1v) is 10.4. The molecule has 0 spiro atoms. The van der Waals surface area contributed by atoms with E-state index >= 15 is 0 Å². The second-order valence-corrected chi connectivity index (χ2v) is 8.32. The lowest BCUT2D eigenvalue weighted by atomic mass is 10.1. The molecule has 31 heavy (non-hydrogen) atoms. The Bertz CT molecular complexity index is 1220. The molecule has 0 aliphatic heterocycles. The minimum absolute atomic E-state index is 0.0892. The SMILES string of the molecule is COc1ccccc1N(Cc1ccc(C#N)cc1)S(=O)(=O)c1ccccc1C(F)(F)F. The van der Waals surface area contributed by atoms with Crippen molar-refractivity contribution in [2.24, 2.45) is 0 Å². The van der Waals surface area contributed by atoms with Gasteiger partial charge in [0.2, 0.25) is 0 Å². The number of hydrogen-bond acceptors (Lipinski definition) is 4. The van der Waals surface area contributed by atoms with E-state index in [1.807, 2.05) is 6.07 Å². The van der Waals surface area contributed by atoms with Gasteiger partial charge in [0.15, 0.2) is 0 Å². The number of nitriles is 1. The second-order valence-electron chi connectivity index (χ2n) is 6.49. The highest BCUT2D eigenvalue weighted by atomic mass is 32.2. The standard InChI is InChI=1S/C22H17F3N2O3S/c1-30-20-8-4-3-7-19(20)27(15-17-12-10-16(14-26)11-13-17)31(28,29)21-9-5-2-6-18(21)22(23,24)25/h2-13H,15H2,1H3. The van der Waals surface area contributed by atoms with Gasteiger partial charge in [-0.3, -0.25) is 4.31 Å². The molecule has 0 N–H and O–H groups in total. The highest BCUT2D eigenvalue weighted by Gasteiger charge is 2.39. The number of alkyl halides is 3. The predicted molar refractivity (Wildman–Crippen MR) is 109 cm³/mol. The summed E-state index contributed by atoms with van der Waals surface area (Å²) in [6.45, 7) is -0.263. The van der Waals surface area contributed by atoms with Crippen molar-refractivity contribution in [3.8, 4) is 11.8 Å². The molecular weight excluding hydrogens is 429 g/mol. The van der Waals surface area contributed by atoms with Gasteiger partial charge in [-0.25, -0.2) is 8.42 Å². The molecular formula is C22H17F3N2O3S. The number of nitrogens with zero attached hydrogens (tertiary/aromatic N) is 2. The Balaban J connectivity index is 2.19. The van der Waals surface area contributed by atoms with Gasteiger partial charge in [0.1, 0.15) is 5.75 Å². The lowest BCUT2D eigenvalue weighted by Crippen LogP contribution is -2.32. The number of hydrogen-bond donors (Lipinski definition) is 0.